The molecule has 0 aromatic rings. The van der Waals surface area contributed by atoms with Crippen LogP contribution in [0.1, 0.15) is 33.1 Å². The van der Waals surface area contributed by atoms with Crippen molar-refractivity contribution in [2.45, 2.75) is 44.8 Å². The van der Waals surface area contributed by atoms with Gasteiger partial charge in [-0.1, -0.05) is 0 Å². The Morgan fingerprint density at radius 1 is 1.45 bits per heavy atom. The summed E-state index contributed by atoms with van der Waals surface area (Å²) >= 11 is 1.79. The highest BCUT2D eigenvalue weighted by molar-refractivity contribution is 7.99. The number of nitrogens with one attached hydrogen (secondary N) is 2. The van der Waals surface area contributed by atoms with E-state index in [4.69, 9.17) is 0 Å². The first-order chi connectivity index (χ1) is 10.5. The van der Waals surface area contributed by atoms with Crippen LogP contribution in [-0.4, -0.2) is 71.2 Å². The standard InChI is InChI=1S/C15H28N4O2S/c1-3-16-14(17-10-15(21)6-9-22-11-15)18-13-4-7-19(8-5-13)12(2)20/h13,21H,3-11H2,1-2H3,(H2,16,17,18). The van der Waals surface area contributed by atoms with E-state index >= 15 is 0 Å². The minimum atomic E-state index is -0.648. The molecule has 2 rings (SSSR count). The molecular weight excluding hydrogens is 300 g/mol. The Kier molecular flexibility index (Phi) is 6.37. The Bertz CT molecular complexity index is 402. The molecule has 2 heterocycles. The summed E-state index contributed by atoms with van der Waals surface area (Å²) in [6, 6.07) is 0.334. The Balaban J connectivity index is 1.85. The van der Waals surface area contributed by atoms with E-state index in [1.807, 2.05) is 11.8 Å². The van der Waals surface area contributed by atoms with Crippen molar-refractivity contribution in [1.29, 1.82) is 0 Å². The molecule has 126 valence electrons. The average Bonchev–Trinajstić information content (AvgIpc) is 2.93. The van der Waals surface area contributed by atoms with Gasteiger partial charge >= 0.3 is 0 Å². The minimum absolute atomic E-state index is 0.153. The van der Waals surface area contributed by atoms with Crippen molar-refractivity contribution in [2.75, 3.05) is 37.7 Å². The summed E-state index contributed by atoms with van der Waals surface area (Å²) in [5.41, 5.74) is -0.648. The van der Waals surface area contributed by atoms with Crippen LogP contribution in [0, 0.1) is 0 Å². The van der Waals surface area contributed by atoms with Gasteiger partial charge in [0.1, 0.15) is 0 Å². The number of hydrogen-bond acceptors (Lipinski definition) is 4. The van der Waals surface area contributed by atoms with Crippen molar-refractivity contribution in [3.8, 4) is 0 Å². The second-order valence-corrected chi connectivity index (χ2v) is 7.25. The van der Waals surface area contributed by atoms with Crippen LogP contribution in [0.2, 0.25) is 0 Å². The molecule has 2 aliphatic rings. The first-order valence-electron chi connectivity index (χ1n) is 8.13. The molecule has 0 saturated carbocycles. The van der Waals surface area contributed by atoms with Gasteiger partial charge in [-0.05, 0) is 31.9 Å². The molecule has 0 aliphatic carbocycles. The molecule has 3 N–H and O–H groups in total. The van der Waals surface area contributed by atoms with Gasteiger partial charge in [0, 0.05) is 38.4 Å². The number of amides is 1. The third-order valence-electron chi connectivity index (χ3n) is 4.24. The lowest BCUT2D eigenvalue weighted by Gasteiger charge is -2.32. The van der Waals surface area contributed by atoms with Gasteiger partial charge in [-0.15, -0.1) is 0 Å². The smallest absolute Gasteiger partial charge is 0.219 e. The SMILES string of the molecule is CCNC(=NCC1(O)CCSC1)NC1CCN(C(C)=O)CC1. The molecule has 2 saturated heterocycles. The molecule has 6 nitrogen and oxygen atoms in total. The van der Waals surface area contributed by atoms with Crippen LogP contribution in [0.15, 0.2) is 4.99 Å². The molecule has 2 fully saturated rings. The van der Waals surface area contributed by atoms with Crippen LogP contribution in [0.3, 0.4) is 0 Å². The van der Waals surface area contributed by atoms with Crippen LogP contribution in [0.4, 0.5) is 0 Å². The number of likely N-dealkylation sites (tertiary alicyclic amines) is 1. The number of nitrogens with zero attached hydrogens (tertiary/aromatic N) is 2. The van der Waals surface area contributed by atoms with E-state index in [9.17, 15) is 9.90 Å². The number of aliphatic imine (C=N–C) groups is 1. The second kappa shape index (κ2) is 8.06. The number of piperidine rings is 1. The molecule has 1 amide bonds. The number of thioether (sulfide) groups is 1. The zero-order valence-electron chi connectivity index (χ0n) is 13.6. The van der Waals surface area contributed by atoms with Crippen LogP contribution in [0.25, 0.3) is 0 Å². The fourth-order valence-corrected chi connectivity index (χ4v) is 4.08. The molecular formula is C15H28N4O2S. The summed E-state index contributed by atoms with van der Waals surface area (Å²) in [7, 11) is 0. The van der Waals surface area contributed by atoms with E-state index in [-0.39, 0.29) is 5.91 Å². The number of carbonyl (C=O) groups excluding carboxylic acids is 1. The van der Waals surface area contributed by atoms with Gasteiger partial charge in [0.25, 0.3) is 0 Å². The average molecular weight is 328 g/mol. The lowest BCUT2D eigenvalue weighted by molar-refractivity contribution is -0.129. The molecule has 2 aliphatic heterocycles. The Morgan fingerprint density at radius 2 is 2.18 bits per heavy atom. The Hall–Kier alpha value is -0.950. The van der Waals surface area contributed by atoms with Gasteiger partial charge in [0.05, 0.1) is 12.1 Å². The monoisotopic (exact) mass is 328 g/mol. The fourth-order valence-electron chi connectivity index (χ4n) is 2.80. The predicted octanol–water partition coefficient (Wildman–Crippen LogP) is 0.420. The highest BCUT2D eigenvalue weighted by Gasteiger charge is 2.31. The van der Waals surface area contributed by atoms with E-state index in [0.717, 1.165) is 56.4 Å². The molecule has 0 aromatic carbocycles. The van der Waals surface area contributed by atoms with Crippen LogP contribution < -0.4 is 10.6 Å². The van der Waals surface area contributed by atoms with E-state index in [2.05, 4.69) is 15.6 Å². The minimum Gasteiger partial charge on any atom is -0.387 e. The van der Waals surface area contributed by atoms with Gasteiger partial charge in [-0.2, -0.15) is 11.8 Å². The molecule has 22 heavy (non-hydrogen) atoms. The van der Waals surface area contributed by atoms with E-state index in [0.29, 0.717) is 12.6 Å². The van der Waals surface area contributed by atoms with Crippen LogP contribution >= 0.6 is 11.8 Å². The molecule has 7 heteroatoms. The van der Waals surface area contributed by atoms with Gasteiger partial charge in [-0.3, -0.25) is 9.79 Å². The first kappa shape index (κ1) is 17.4. The molecule has 0 aromatic heterocycles. The highest BCUT2D eigenvalue weighted by atomic mass is 32.2. The van der Waals surface area contributed by atoms with Gasteiger partial charge < -0.3 is 20.6 Å². The van der Waals surface area contributed by atoms with Gasteiger partial charge in [-0.25, -0.2) is 0 Å². The van der Waals surface area contributed by atoms with Gasteiger partial charge in [0.15, 0.2) is 5.96 Å². The Labute approximate surface area is 137 Å². The number of rotatable bonds is 4. The second-order valence-electron chi connectivity index (χ2n) is 6.15. The Morgan fingerprint density at radius 3 is 2.73 bits per heavy atom. The van der Waals surface area contributed by atoms with Crippen molar-refractivity contribution < 1.29 is 9.90 Å². The van der Waals surface area contributed by atoms with Crippen molar-refractivity contribution in [3.05, 3.63) is 0 Å². The number of hydrogen-bond donors (Lipinski definition) is 3. The van der Waals surface area contributed by atoms with Crippen LogP contribution in [-0.2, 0) is 4.79 Å². The summed E-state index contributed by atoms with van der Waals surface area (Å²) in [6.45, 7) is 6.50. The zero-order chi connectivity index (χ0) is 16.0. The maximum atomic E-state index is 11.4. The maximum Gasteiger partial charge on any atom is 0.219 e. The molecule has 1 atom stereocenters. The van der Waals surface area contributed by atoms with Crippen molar-refractivity contribution in [1.82, 2.24) is 15.5 Å². The first-order valence-corrected chi connectivity index (χ1v) is 9.28. The lowest BCUT2D eigenvalue weighted by Crippen LogP contribution is -2.50. The van der Waals surface area contributed by atoms with E-state index in [1.165, 1.54) is 0 Å². The highest BCUT2D eigenvalue weighted by Crippen LogP contribution is 2.27. The number of guanidine groups is 1. The van der Waals surface area contributed by atoms with E-state index in [1.54, 1.807) is 18.7 Å². The van der Waals surface area contributed by atoms with Crippen molar-refractivity contribution in [2.24, 2.45) is 4.99 Å². The summed E-state index contributed by atoms with van der Waals surface area (Å²) in [6.07, 6.45) is 2.69. The normalized spacial score (nSPS) is 27.0. The molecule has 0 radical (unpaired) electrons. The largest absolute Gasteiger partial charge is 0.387 e. The summed E-state index contributed by atoms with van der Waals surface area (Å²) in [5, 5.41) is 17.1. The fraction of sp³-hybridized carbons (Fsp3) is 0.867. The molecule has 0 bridgehead atoms. The summed E-state index contributed by atoms with van der Waals surface area (Å²) in [4.78, 5) is 17.8. The summed E-state index contributed by atoms with van der Waals surface area (Å²) in [5.74, 6) is 2.71. The third kappa shape index (κ3) is 5.05. The third-order valence-corrected chi connectivity index (χ3v) is 5.47. The number of carbonyl (C=O) groups is 1. The zero-order valence-corrected chi connectivity index (χ0v) is 14.4. The van der Waals surface area contributed by atoms with Crippen molar-refractivity contribution >= 4 is 23.6 Å². The molecule has 0 spiro atoms. The number of aliphatic hydroxyl groups is 1. The lowest BCUT2D eigenvalue weighted by atomic mass is 10.0. The maximum absolute atomic E-state index is 11.4. The van der Waals surface area contributed by atoms with E-state index < -0.39 is 5.60 Å². The molecule has 1 unspecified atom stereocenters. The predicted molar refractivity (Wildman–Crippen MR) is 91.3 cm³/mol. The topological polar surface area (TPSA) is 77.0 Å². The van der Waals surface area contributed by atoms with Crippen molar-refractivity contribution in [3.63, 3.8) is 0 Å². The quantitative estimate of drug-likeness (QED) is 0.515. The van der Waals surface area contributed by atoms with Crippen LogP contribution in [0.5, 0.6) is 0 Å². The van der Waals surface area contributed by atoms with Gasteiger partial charge in [0.2, 0.25) is 5.91 Å². The summed E-state index contributed by atoms with van der Waals surface area (Å²) < 4.78 is 0.